The molecular formula is C54H99NO16P2S. The van der Waals surface area contributed by atoms with Crippen LogP contribution < -0.4 is 5.73 Å². The number of hydrogen-bond donors (Lipinski definition) is 7. The van der Waals surface area contributed by atoms with Crippen molar-refractivity contribution >= 4 is 45.3 Å². The molecule has 0 amide bonds. The predicted molar refractivity (Wildman–Crippen MR) is 295 cm³/mol. The van der Waals surface area contributed by atoms with Crippen molar-refractivity contribution in [3.8, 4) is 0 Å². The topological polar surface area (TPSA) is 279 Å². The number of carboxylic acid groups (broad SMARTS) is 1. The molecule has 0 aliphatic heterocycles. The van der Waals surface area contributed by atoms with Gasteiger partial charge in [0, 0.05) is 23.8 Å². The molecule has 7 atom stereocenters. The lowest BCUT2D eigenvalue weighted by Crippen LogP contribution is -2.40. The molecule has 0 aromatic rings. The van der Waals surface area contributed by atoms with Gasteiger partial charge in [-0.15, -0.1) is 11.8 Å². The molecule has 0 spiro atoms. The number of esters is 2. The van der Waals surface area contributed by atoms with E-state index in [1.807, 2.05) is 18.2 Å². The SMILES string of the molecule is CCCCC/C=C\C\C=C/C=C/C=C/[C@@H](SC[C@H](N)C(=O)O[C@H](COC(=O)CCCCCCCCCCCCCCCCCCCCC(C)CC)COP(=O)(O)OC[C@@H](O)COP(=O)(O)O)[C@@H](O)CCCC(=O)O. The summed E-state index contributed by atoms with van der Waals surface area (Å²) in [5.41, 5.74) is 6.21. The second kappa shape index (κ2) is 48.0. The second-order valence-corrected chi connectivity index (χ2v) is 23.2. The Hall–Kier alpha value is -2.18. The Labute approximate surface area is 449 Å². The molecule has 432 valence electrons. The number of unbranched alkanes of at least 4 members (excludes halogenated alkanes) is 20. The molecule has 0 rings (SSSR count). The molecule has 8 N–H and O–H groups in total. The molecule has 0 bridgehead atoms. The van der Waals surface area contributed by atoms with Gasteiger partial charge in [-0.3, -0.25) is 28.0 Å². The Morgan fingerprint density at radius 1 is 0.622 bits per heavy atom. The van der Waals surface area contributed by atoms with Crippen LogP contribution in [-0.4, -0.2) is 110 Å². The average Bonchev–Trinajstić information content (AvgIpc) is 3.35. The first-order valence-electron chi connectivity index (χ1n) is 27.7. The Balaban J connectivity index is 5.10. The van der Waals surface area contributed by atoms with Gasteiger partial charge < -0.3 is 45.2 Å². The molecule has 0 radical (unpaired) electrons. The highest BCUT2D eigenvalue weighted by Gasteiger charge is 2.30. The number of aliphatic hydroxyl groups excluding tert-OH is 2. The number of rotatable bonds is 52. The van der Waals surface area contributed by atoms with E-state index in [-0.39, 0.29) is 31.4 Å². The van der Waals surface area contributed by atoms with Crippen LogP contribution in [0, 0.1) is 5.92 Å². The number of allylic oxidation sites excluding steroid dienone is 7. The van der Waals surface area contributed by atoms with Crippen LogP contribution in [0.1, 0.15) is 207 Å². The lowest BCUT2D eigenvalue weighted by atomic mass is 9.99. The quantitative estimate of drug-likeness (QED) is 0.00980. The third-order valence-electron chi connectivity index (χ3n) is 12.3. The number of thioether (sulfide) groups is 1. The molecule has 0 heterocycles. The standard InChI is InChI=1S/C54H99NO16P2S/c1-4-6-7-8-9-10-11-21-24-27-30-33-38-51(50(57)37-35-39-52(58)59)74-45-49(55)54(61)71-48(44-70-73(65,66)69-42-47(56)41-68-72(62,63)64)43-67-53(60)40-34-31-28-25-22-19-17-15-13-12-14-16-18-20-23-26-29-32-36-46(3)5-2/h9-10,21,24,27,30,33,38,46-51,56-57H,4-8,11-20,22-23,25-26,28-29,31-32,34-37,39-45,55H2,1-3H3,(H,58,59)(H,65,66)(H2,62,63,64)/b10-9-,24-21-,30-27+,38-33+/t46?,47-,48+,49-,50-,51+/m0/s1. The Kier molecular flexibility index (Phi) is 46.6. The third kappa shape index (κ3) is 48.2. The number of phosphoric ester groups is 2. The van der Waals surface area contributed by atoms with Crippen molar-refractivity contribution in [2.45, 2.75) is 237 Å². The second-order valence-electron chi connectivity index (χ2n) is 19.3. The minimum absolute atomic E-state index is 0.0688. The van der Waals surface area contributed by atoms with Crippen LogP contribution in [0.25, 0.3) is 0 Å². The molecule has 0 fully saturated rings. The number of hydrogen-bond acceptors (Lipinski definition) is 14. The maximum atomic E-state index is 13.3. The summed E-state index contributed by atoms with van der Waals surface area (Å²) in [4.78, 5) is 65.0. The van der Waals surface area contributed by atoms with Crippen LogP contribution >= 0.6 is 27.4 Å². The highest BCUT2D eigenvalue weighted by atomic mass is 32.2. The third-order valence-corrected chi connectivity index (χ3v) is 15.1. The van der Waals surface area contributed by atoms with Gasteiger partial charge in [0.2, 0.25) is 0 Å². The van der Waals surface area contributed by atoms with Crippen molar-refractivity contribution in [2.24, 2.45) is 11.7 Å². The van der Waals surface area contributed by atoms with Crippen molar-refractivity contribution in [1.82, 2.24) is 0 Å². The molecule has 0 aromatic heterocycles. The van der Waals surface area contributed by atoms with Gasteiger partial charge >= 0.3 is 33.6 Å². The van der Waals surface area contributed by atoms with E-state index in [0.29, 0.717) is 6.42 Å². The van der Waals surface area contributed by atoms with Crippen molar-refractivity contribution in [3.63, 3.8) is 0 Å². The number of carbonyl (C=O) groups excluding carboxylic acids is 2. The highest BCUT2D eigenvalue weighted by Crippen LogP contribution is 2.44. The first kappa shape index (κ1) is 71.8. The summed E-state index contributed by atoms with van der Waals surface area (Å²) >= 11 is 1.14. The Morgan fingerprint density at radius 3 is 1.74 bits per heavy atom. The predicted octanol–water partition coefficient (Wildman–Crippen LogP) is 12.1. The maximum Gasteiger partial charge on any atom is 0.472 e. The Morgan fingerprint density at radius 2 is 1.18 bits per heavy atom. The van der Waals surface area contributed by atoms with Gasteiger partial charge in [-0.05, 0) is 44.4 Å². The van der Waals surface area contributed by atoms with E-state index in [1.54, 1.807) is 18.2 Å². The fourth-order valence-corrected chi connectivity index (χ4v) is 9.80. The molecule has 20 heteroatoms. The summed E-state index contributed by atoms with van der Waals surface area (Å²) < 4.78 is 48.2. The zero-order chi connectivity index (χ0) is 55.1. The zero-order valence-electron chi connectivity index (χ0n) is 45.3. The average molecular weight is 1110 g/mol. The first-order chi connectivity index (χ1) is 35.4. The summed E-state index contributed by atoms with van der Waals surface area (Å²) in [5, 5.41) is 29.3. The van der Waals surface area contributed by atoms with Crippen molar-refractivity contribution < 1.29 is 76.6 Å². The lowest BCUT2D eigenvalue weighted by molar-refractivity contribution is -0.161. The molecule has 0 saturated heterocycles. The zero-order valence-corrected chi connectivity index (χ0v) is 47.9. The van der Waals surface area contributed by atoms with Crippen molar-refractivity contribution in [2.75, 3.05) is 32.2 Å². The lowest BCUT2D eigenvalue weighted by Gasteiger charge is -2.23. The summed E-state index contributed by atoms with van der Waals surface area (Å²) in [6.07, 6.45) is 41.4. The normalized spacial score (nSPS) is 15.7. The van der Waals surface area contributed by atoms with E-state index in [1.165, 1.54) is 116 Å². The number of carbonyl (C=O) groups is 3. The van der Waals surface area contributed by atoms with Crippen LogP contribution in [-0.2, 0) is 46.6 Å². The number of ether oxygens (including phenoxy) is 2. The van der Waals surface area contributed by atoms with Crippen LogP contribution in [0.4, 0.5) is 0 Å². The van der Waals surface area contributed by atoms with Crippen LogP contribution in [0.3, 0.4) is 0 Å². The number of carboxylic acids is 1. The van der Waals surface area contributed by atoms with Gasteiger partial charge in [0.25, 0.3) is 0 Å². The molecule has 0 saturated carbocycles. The number of aliphatic carboxylic acids is 1. The molecule has 0 aromatic carbocycles. The van der Waals surface area contributed by atoms with E-state index < -0.39 is 89.6 Å². The van der Waals surface area contributed by atoms with Gasteiger partial charge in [0.1, 0.15) is 18.8 Å². The van der Waals surface area contributed by atoms with Crippen LogP contribution in [0.5, 0.6) is 0 Å². The minimum atomic E-state index is -4.97. The van der Waals surface area contributed by atoms with E-state index in [9.17, 15) is 38.6 Å². The minimum Gasteiger partial charge on any atom is -0.481 e. The molecule has 0 aliphatic rings. The molecule has 74 heavy (non-hydrogen) atoms. The van der Waals surface area contributed by atoms with Gasteiger partial charge in [-0.25, -0.2) is 9.13 Å². The van der Waals surface area contributed by atoms with E-state index in [4.69, 9.17) is 39.1 Å². The number of aliphatic hydroxyl groups is 2. The molecule has 2 unspecified atom stereocenters. The largest absolute Gasteiger partial charge is 0.481 e. The van der Waals surface area contributed by atoms with Gasteiger partial charge in [0.05, 0.1) is 25.9 Å². The molecular weight excluding hydrogens is 1010 g/mol. The fourth-order valence-electron chi connectivity index (χ4n) is 7.51. The van der Waals surface area contributed by atoms with Crippen LogP contribution in [0.15, 0.2) is 48.6 Å². The van der Waals surface area contributed by atoms with E-state index in [2.05, 4.69) is 37.4 Å². The number of phosphoric acid groups is 2. The van der Waals surface area contributed by atoms with E-state index in [0.717, 1.165) is 56.2 Å². The monoisotopic (exact) mass is 1110 g/mol. The van der Waals surface area contributed by atoms with Crippen molar-refractivity contribution in [1.29, 1.82) is 0 Å². The Bertz CT molecular complexity index is 1630. The molecule has 17 nitrogen and oxygen atoms in total. The highest BCUT2D eigenvalue weighted by molar-refractivity contribution is 8.00. The van der Waals surface area contributed by atoms with E-state index >= 15 is 0 Å². The van der Waals surface area contributed by atoms with Gasteiger partial charge in [0.15, 0.2) is 6.10 Å². The maximum absolute atomic E-state index is 13.3. The summed E-state index contributed by atoms with van der Waals surface area (Å²) in [5.74, 6) is -1.76. The molecule has 0 aliphatic carbocycles. The van der Waals surface area contributed by atoms with Gasteiger partial charge in [-0.2, -0.15) is 0 Å². The first-order valence-corrected chi connectivity index (χ1v) is 31.7. The summed E-state index contributed by atoms with van der Waals surface area (Å²) in [7, 11) is -9.91. The fraction of sp³-hybridized carbons (Fsp3) is 0.796. The smallest absolute Gasteiger partial charge is 0.472 e. The number of nitrogens with two attached hydrogens (primary N) is 1. The van der Waals surface area contributed by atoms with Crippen LogP contribution in [0.2, 0.25) is 0 Å². The van der Waals surface area contributed by atoms with Crippen molar-refractivity contribution in [3.05, 3.63) is 48.6 Å². The summed E-state index contributed by atoms with van der Waals surface area (Å²) in [6, 6.07) is -1.29. The van der Waals surface area contributed by atoms with Gasteiger partial charge in [-0.1, -0.05) is 204 Å². The summed E-state index contributed by atoms with van der Waals surface area (Å²) in [6.45, 7) is 3.58.